The van der Waals surface area contributed by atoms with Crippen molar-refractivity contribution in [3.8, 4) is 0 Å². The molecule has 2 heterocycles. The number of rotatable bonds is 3. The third-order valence-electron chi connectivity index (χ3n) is 3.34. The zero-order valence-corrected chi connectivity index (χ0v) is 13.3. The predicted octanol–water partition coefficient (Wildman–Crippen LogP) is 3.88. The number of hydrogen-bond donors (Lipinski definition) is 1. The van der Waals surface area contributed by atoms with Crippen molar-refractivity contribution in [2.75, 3.05) is 0 Å². The van der Waals surface area contributed by atoms with Crippen molar-refractivity contribution in [2.24, 2.45) is 0 Å². The predicted molar refractivity (Wildman–Crippen MR) is 87.6 cm³/mol. The molecule has 0 aliphatic rings. The third kappa shape index (κ3) is 2.93. The molecule has 0 unspecified atom stereocenters. The molecular weight excluding hydrogens is 321 g/mol. The molecule has 4 nitrogen and oxygen atoms in total. The van der Waals surface area contributed by atoms with Gasteiger partial charge in [-0.2, -0.15) is 0 Å². The zero-order chi connectivity index (χ0) is 15.7. The van der Waals surface area contributed by atoms with E-state index in [0.29, 0.717) is 22.3 Å². The van der Waals surface area contributed by atoms with E-state index in [-0.39, 0.29) is 5.91 Å². The van der Waals surface area contributed by atoms with E-state index in [9.17, 15) is 4.79 Å². The Bertz CT molecular complexity index is 858. The molecule has 0 bridgehead atoms. The number of imidazole rings is 1. The van der Waals surface area contributed by atoms with Crippen molar-refractivity contribution in [3.63, 3.8) is 0 Å². The van der Waals surface area contributed by atoms with Gasteiger partial charge in [-0.15, -0.1) is 0 Å². The summed E-state index contributed by atoms with van der Waals surface area (Å²) in [5.41, 5.74) is 3.23. The highest BCUT2D eigenvalue weighted by molar-refractivity contribution is 6.42. The van der Waals surface area contributed by atoms with Crippen LogP contribution in [-0.4, -0.2) is 15.3 Å². The molecule has 0 saturated carbocycles. The Morgan fingerprint density at radius 3 is 2.82 bits per heavy atom. The van der Waals surface area contributed by atoms with Gasteiger partial charge in [-0.1, -0.05) is 29.3 Å². The molecule has 1 aromatic carbocycles. The van der Waals surface area contributed by atoms with Crippen LogP contribution < -0.4 is 5.32 Å². The van der Waals surface area contributed by atoms with E-state index in [1.54, 1.807) is 22.7 Å². The minimum Gasteiger partial charge on any atom is -0.347 e. The normalized spacial score (nSPS) is 10.9. The van der Waals surface area contributed by atoms with Gasteiger partial charge in [0.25, 0.3) is 5.91 Å². The van der Waals surface area contributed by atoms with Crippen molar-refractivity contribution in [1.29, 1.82) is 0 Å². The van der Waals surface area contributed by atoms with Gasteiger partial charge >= 0.3 is 0 Å². The van der Waals surface area contributed by atoms with Gasteiger partial charge in [0.15, 0.2) is 0 Å². The van der Waals surface area contributed by atoms with Gasteiger partial charge in [-0.3, -0.25) is 9.20 Å². The summed E-state index contributed by atoms with van der Waals surface area (Å²) in [4.78, 5) is 16.5. The smallest absolute Gasteiger partial charge is 0.270 e. The van der Waals surface area contributed by atoms with Crippen LogP contribution >= 0.6 is 23.2 Å². The molecule has 22 heavy (non-hydrogen) atoms. The summed E-state index contributed by atoms with van der Waals surface area (Å²) in [6.07, 6.45) is 3.41. The maximum absolute atomic E-state index is 12.3. The molecular formula is C16H13Cl2N3O. The SMILES string of the molecule is Cc1ccn2c(C(=O)NCc3ccc(Cl)c(Cl)c3)cnc2c1. The van der Waals surface area contributed by atoms with Gasteiger partial charge in [-0.05, 0) is 42.3 Å². The second kappa shape index (κ2) is 5.99. The topological polar surface area (TPSA) is 46.4 Å². The first-order valence-electron chi connectivity index (χ1n) is 6.70. The van der Waals surface area contributed by atoms with E-state index >= 15 is 0 Å². The zero-order valence-electron chi connectivity index (χ0n) is 11.8. The number of halogens is 2. The summed E-state index contributed by atoms with van der Waals surface area (Å²) in [5, 5.41) is 3.82. The van der Waals surface area contributed by atoms with Gasteiger partial charge < -0.3 is 5.32 Å². The highest BCUT2D eigenvalue weighted by Crippen LogP contribution is 2.22. The molecule has 6 heteroatoms. The molecule has 1 N–H and O–H groups in total. The number of nitrogens with zero attached hydrogens (tertiary/aromatic N) is 2. The quantitative estimate of drug-likeness (QED) is 0.790. The van der Waals surface area contributed by atoms with Crippen LogP contribution in [-0.2, 0) is 6.54 Å². The lowest BCUT2D eigenvalue weighted by atomic mass is 10.2. The summed E-state index contributed by atoms with van der Waals surface area (Å²) in [5.74, 6) is -0.192. The Morgan fingerprint density at radius 2 is 2.05 bits per heavy atom. The van der Waals surface area contributed by atoms with Crippen LogP contribution in [0.5, 0.6) is 0 Å². The van der Waals surface area contributed by atoms with Crippen LogP contribution in [0.15, 0.2) is 42.7 Å². The highest BCUT2D eigenvalue weighted by atomic mass is 35.5. The molecule has 112 valence electrons. The molecule has 0 fully saturated rings. The Labute approximate surface area is 137 Å². The minimum absolute atomic E-state index is 0.192. The fraction of sp³-hybridized carbons (Fsp3) is 0.125. The van der Waals surface area contributed by atoms with E-state index in [1.807, 2.05) is 31.3 Å². The summed E-state index contributed by atoms with van der Waals surface area (Å²) in [7, 11) is 0. The maximum atomic E-state index is 12.3. The average molecular weight is 334 g/mol. The van der Waals surface area contributed by atoms with Gasteiger partial charge in [0.05, 0.1) is 16.2 Å². The monoisotopic (exact) mass is 333 g/mol. The van der Waals surface area contributed by atoms with Crippen molar-refractivity contribution in [1.82, 2.24) is 14.7 Å². The lowest BCUT2D eigenvalue weighted by molar-refractivity contribution is 0.0945. The molecule has 0 spiro atoms. The molecule has 0 atom stereocenters. The molecule has 0 saturated heterocycles. The lowest BCUT2D eigenvalue weighted by Crippen LogP contribution is -2.24. The van der Waals surface area contributed by atoms with E-state index in [0.717, 1.165) is 16.8 Å². The van der Waals surface area contributed by atoms with Gasteiger partial charge in [0.1, 0.15) is 11.3 Å². The van der Waals surface area contributed by atoms with Crippen LogP contribution in [0.25, 0.3) is 5.65 Å². The summed E-state index contributed by atoms with van der Waals surface area (Å²) >= 11 is 11.8. The first-order chi connectivity index (χ1) is 10.5. The maximum Gasteiger partial charge on any atom is 0.270 e. The van der Waals surface area contributed by atoms with Gasteiger partial charge in [0, 0.05) is 12.7 Å². The Balaban J connectivity index is 1.77. The first kappa shape index (κ1) is 14.9. The molecule has 2 aromatic heterocycles. The molecule has 1 amide bonds. The number of aryl methyl sites for hydroxylation is 1. The van der Waals surface area contributed by atoms with Crippen molar-refractivity contribution in [2.45, 2.75) is 13.5 Å². The van der Waals surface area contributed by atoms with Gasteiger partial charge in [-0.25, -0.2) is 4.98 Å². The average Bonchev–Trinajstić information content (AvgIpc) is 2.91. The molecule has 0 aliphatic carbocycles. The first-order valence-corrected chi connectivity index (χ1v) is 7.46. The standard InChI is InChI=1S/C16H13Cl2N3O/c1-10-4-5-21-14(9-19-15(21)6-10)16(22)20-8-11-2-3-12(17)13(18)7-11/h2-7,9H,8H2,1H3,(H,20,22). The van der Waals surface area contributed by atoms with E-state index in [4.69, 9.17) is 23.2 Å². The Morgan fingerprint density at radius 1 is 1.23 bits per heavy atom. The third-order valence-corrected chi connectivity index (χ3v) is 4.08. The van der Waals surface area contributed by atoms with E-state index < -0.39 is 0 Å². The number of fused-ring (bicyclic) bond motifs is 1. The summed E-state index contributed by atoms with van der Waals surface area (Å²) < 4.78 is 1.76. The molecule has 3 rings (SSSR count). The van der Waals surface area contributed by atoms with E-state index in [1.165, 1.54) is 0 Å². The van der Waals surface area contributed by atoms with Crippen LogP contribution in [0.1, 0.15) is 21.6 Å². The number of aromatic nitrogens is 2. The number of nitrogens with one attached hydrogen (secondary N) is 1. The van der Waals surface area contributed by atoms with E-state index in [2.05, 4.69) is 10.3 Å². The lowest BCUT2D eigenvalue weighted by Gasteiger charge is -2.06. The number of carbonyl (C=O) groups is 1. The fourth-order valence-electron chi connectivity index (χ4n) is 2.17. The number of amides is 1. The molecule has 0 radical (unpaired) electrons. The van der Waals surface area contributed by atoms with Crippen molar-refractivity contribution in [3.05, 3.63) is 69.6 Å². The largest absolute Gasteiger partial charge is 0.347 e. The Hall–Kier alpha value is -2.04. The second-order valence-electron chi connectivity index (χ2n) is 5.01. The van der Waals surface area contributed by atoms with Crippen LogP contribution in [0.3, 0.4) is 0 Å². The number of benzene rings is 1. The summed E-state index contributed by atoms with van der Waals surface area (Å²) in [6, 6.07) is 9.14. The molecule has 0 aliphatic heterocycles. The van der Waals surface area contributed by atoms with Crippen LogP contribution in [0, 0.1) is 6.92 Å². The Kier molecular flexibility index (Phi) is 4.05. The number of hydrogen-bond acceptors (Lipinski definition) is 2. The van der Waals surface area contributed by atoms with Crippen molar-refractivity contribution < 1.29 is 4.79 Å². The van der Waals surface area contributed by atoms with Crippen LogP contribution in [0.2, 0.25) is 10.0 Å². The number of carbonyl (C=O) groups excluding carboxylic acids is 1. The minimum atomic E-state index is -0.192. The molecule has 3 aromatic rings. The van der Waals surface area contributed by atoms with Crippen molar-refractivity contribution >= 4 is 34.8 Å². The summed E-state index contributed by atoms with van der Waals surface area (Å²) in [6.45, 7) is 2.35. The fourth-order valence-corrected chi connectivity index (χ4v) is 2.49. The van der Waals surface area contributed by atoms with Gasteiger partial charge in [0.2, 0.25) is 0 Å². The second-order valence-corrected chi connectivity index (χ2v) is 5.82. The number of pyridine rings is 1. The highest BCUT2D eigenvalue weighted by Gasteiger charge is 2.12. The van der Waals surface area contributed by atoms with Crippen LogP contribution in [0.4, 0.5) is 0 Å².